The van der Waals surface area contributed by atoms with E-state index in [1.807, 2.05) is 24.3 Å². The quantitative estimate of drug-likeness (QED) is 0.696. The highest BCUT2D eigenvalue weighted by atomic mass is 16.5. The van der Waals surface area contributed by atoms with Crippen LogP contribution in [0.3, 0.4) is 0 Å². The Morgan fingerprint density at radius 1 is 1.11 bits per heavy atom. The summed E-state index contributed by atoms with van der Waals surface area (Å²) < 4.78 is 5.19. The molecule has 90 valence electrons. The Bertz CT molecular complexity index is 668. The van der Waals surface area contributed by atoms with E-state index in [2.05, 4.69) is 20.3 Å². The monoisotopic (exact) mass is 240 g/mol. The Morgan fingerprint density at radius 3 is 2.78 bits per heavy atom. The number of hydrogen-bond donors (Lipinski definition) is 1. The molecule has 0 fully saturated rings. The summed E-state index contributed by atoms with van der Waals surface area (Å²) >= 11 is 0. The van der Waals surface area contributed by atoms with Crippen LogP contribution in [0.25, 0.3) is 21.9 Å². The van der Waals surface area contributed by atoms with Crippen LogP contribution < -0.4 is 10.1 Å². The van der Waals surface area contributed by atoms with E-state index < -0.39 is 0 Å². The number of fused-ring (bicyclic) bond motifs is 2. The molecule has 0 bridgehead atoms. The standard InChI is InChI=1S/C13H12N4O/c1-14-13-15-7-9-5-8-3-4-10(18-2)6-11(8)16-12(9)17-13/h3-7H,1-2H3,(H,14,15,16,17). The van der Waals surface area contributed by atoms with Crippen molar-refractivity contribution in [1.82, 2.24) is 15.0 Å². The van der Waals surface area contributed by atoms with Crippen molar-refractivity contribution in [1.29, 1.82) is 0 Å². The molecule has 0 aliphatic carbocycles. The van der Waals surface area contributed by atoms with Crippen molar-refractivity contribution >= 4 is 27.9 Å². The third-order valence-electron chi connectivity index (χ3n) is 2.79. The van der Waals surface area contributed by atoms with Gasteiger partial charge in [-0.3, -0.25) is 0 Å². The lowest BCUT2D eigenvalue weighted by Crippen LogP contribution is -1.97. The molecule has 2 heterocycles. The Morgan fingerprint density at radius 2 is 2.00 bits per heavy atom. The van der Waals surface area contributed by atoms with Crippen LogP contribution >= 0.6 is 0 Å². The third kappa shape index (κ3) is 1.69. The lowest BCUT2D eigenvalue weighted by Gasteiger charge is -2.04. The van der Waals surface area contributed by atoms with Crippen molar-refractivity contribution in [3.05, 3.63) is 30.5 Å². The van der Waals surface area contributed by atoms with Gasteiger partial charge >= 0.3 is 0 Å². The normalized spacial score (nSPS) is 10.8. The van der Waals surface area contributed by atoms with Gasteiger partial charge in [-0.25, -0.2) is 9.97 Å². The van der Waals surface area contributed by atoms with Crippen molar-refractivity contribution in [2.24, 2.45) is 0 Å². The van der Waals surface area contributed by atoms with Gasteiger partial charge in [0, 0.05) is 30.1 Å². The maximum atomic E-state index is 5.19. The van der Waals surface area contributed by atoms with Crippen LogP contribution in [0, 0.1) is 0 Å². The Labute approximate surface area is 104 Å². The maximum absolute atomic E-state index is 5.19. The lowest BCUT2D eigenvalue weighted by molar-refractivity contribution is 0.415. The van der Waals surface area contributed by atoms with E-state index in [1.165, 1.54) is 0 Å². The number of pyridine rings is 1. The van der Waals surface area contributed by atoms with E-state index in [0.29, 0.717) is 11.6 Å². The van der Waals surface area contributed by atoms with Crippen LogP contribution in [0.15, 0.2) is 30.5 Å². The first-order valence-corrected chi connectivity index (χ1v) is 5.59. The van der Waals surface area contributed by atoms with E-state index in [0.717, 1.165) is 22.0 Å². The highest BCUT2D eigenvalue weighted by molar-refractivity contribution is 5.91. The molecular weight excluding hydrogens is 228 g/mol. The van der Waals surface area contributed by atoms with E-state index >= 15 is 0 Å². The van der Waals surface area contributed by atoms with E-state index in [1.54, 1.807) is 20.4 Å². The highest BCUT2D eigenvalue weighted by Crippen LogP contribution is 2.22. The fourth-order valence-electron chi connectivity index (χ4n) is 1.84. The molecule has 5 heteroatoms. The van der Waals surface area contributed by atoms with Crippen molar-refractivity contribution in [3.8, 4) is 5.75 Å². The Hall–Kier alpha value is -2.43. The summed E-state index contributed by atoms with van der Waals surface area (Å²) in [6.45, 7) is 0. The zero-order valence-electron chi connectivity index (χ0n) is 10.1. The zero-order valence-corrected chi connectivity index (χ0v) is 10.1. The molecule has 0 spiro atoms. The Kier molecular flexibility index (Phi) is 2.44. The number of anilines is 1. The summed E-state index contributed by atoms with van der Waals surface area (Å²) in [5.41, 5.74) is 1.54. The summed E-state index contributed by atoms with van der Waals surface area (Å²) in [6.07, 6.45) is 1.77. The van der Waals surface area contributed by atoms with Gasteiger partial charge in [-0.15, -0.1) is 0 Å². The van der Waals surface area contributed by atoms with Gasteiger partial charge in [-0.05, 0) is 18.2 Å². The molecular formula is C13H12N4O. The molecule has 0 unspecified atom stereocenters. The number of rotatable bonds is 2. The predicted octanol–water partition coefficient (Wildman–Crippen LogP) is 2.23. The molecule has 1 N–H and O–H groups in total. The minimum Gasteiger partial charge on any atom is -0.497 e. The topological polar surface area (TPSA) is 59.9 Å². The first kappa shape index (κ1) is 10.7. The molecule has 0 aliphatic rings. The lowest BCUT2D eigenvalue weighted by atomic mass is 10.2. The van der Waals surface area contributed by atoms with Crippen molar-refractivity contribution in [2.75, 3.05) is 19.5 Å². The first-order valence-electron chi connectivity index (χ1n) is 5.59. The minimum atomic E-state index is 0.567. The maximum Gasteiger partial charge on any atom is 0.224 e. The summed E-state index contributed by atoms with van der Waals surface area (Å²) in [5.74, 6) is 1.36. The van der Waals surface area contributed by atoms with Crippen molar-refractivity contribution in [3.63, 3.8) is 0 Å². The zero-order chi connectivity index (χ0) is 12.5. The van der Waals surface area contributed by atoms with Crippen LogP contribution in [-0.4, -0.2) is 29.1 Å². The minimum absolute atomic E-state index is 0.567. The second-order valence-electron chi connectivity index (χ2n) is 3.90. The van der Waals surface area contributed by atoms with Gasteiger partial charge in [0.05, 0.1) is 12.6 Å². The summed E-state index contributed by atoms with van der Waals surface area (Å²) in [7, 11) is 3.43. The second kappa shape index (κ2) is 4.10. The number of benzene rings is 1. The molecule has 5 nitrogen and oxygen atoms in total. The molecule has 0 saturated heterocycles. The molecule has 18 heavy (non-hydrogen) atoms. The molecule has 0 amide bonds. The van der Waals surface area contributed by atoms with Crippen molar-refractivity contribution in [2.45, 2.75) is 0 Å². The summed E-state index contributed by atoms with van der Waals surface area (Å²) in [5, 5.41) is 4.87. The van der Waals surface area contributed by atoms with Gasteiger partial charge < -0.3 is 10.1 Å². The number of hydrogen-bond acceptors (Lipinski definition) is 5. The molecule has 0 saturated carbocycles. The number of ether oxygens (including phenoxy) is 1. The number of nitrogens with zero attached hydrogens (tertiary/aromatic N) is 3. The first-order chi connectivity index (χ1) is 8.80. The number of methoxy groups -OCH3 is 1. The van der Waals surface area contributed by atoms with E-state index in [9.17, 15) is 0 Å². The molecule has 3 aromatic rings. The number of nitrogens with one attached hydrogen (secondary N) is 1. The average molecular weight is 240 g/mol. The van der Waals surface area contributed by atoms with Crippen LogP contribution in [0.4, 0.5) is 5.95 Å². The van der Waals surface area contributed by atoms with Gasteiger partial charge in [-0.1, -0.05) is 0 Å². The van der Waals surface area contributed by atoms with Gasteiger partial charge in [0.1, 0.15) is 5.75 Å². The SMILES string of the molecule is CNc1ncc2cc3ccc(OC)cc3nc2n1. The highest BCUT2D eigenvalue weighted by Gasteiger charge is 2.04. The smallest absolute Gasteiger partial charge is 0.224 e. The van der Waals surface area contributed by atoms with Gasteiger partial charge in [0.2, 0.25) is 5.95 Å². The van der Waals surface area contributed by atoms with Crippen LogP contribution in [0.5, 0.6) is 5.75 Å². The van der Waals surface area contributed by atoms with Gasteiger partial charge in [-0.2, -0.15) is 4.98 Å². The summed E-state index contributed by atoms with van der Waals surface area (Å²) in [6, 6.07) is 7.82. The fraction of sp³-hybridized carbons (Fsp3) is 0.154. The van der Waals surface area contributed by atoms with E-state index in [4.69, 9.17) is 4.74 Å². The molecule has 0 atom stereocenters. The molecule has 0 aliphatic heterocycles. The predicted molar refractivity (Wildman–Crippen MR) is 70.9 cm³/mol. The molecule has 3 rings (SSSR count). The Balaban J connectivity index is 2.29. The molecule has 2 aromatic heterocycles. The van der Waals surface area contributed by atoms with Crippen molar-refractivity contribution < 1.29 is 4.74 Å². The molecule has 1 aromatic carbocycles. The number of aromatic nitrogens is 3. The van der Waals surface area contributed by atoms with Crippen LogP contribution in [0.2, 0.25) is 0 Å². The van der Waals surface area contributed by atoms with Crippen LogP contribution in [0.1, 0.15) is 0 Å². The second-order valence-corrected chi connectivity index (χ2v) is 3.90. The van der Waals surface area contributed by atoms with Gasteiger partial charge in [0.25, 0.3) is 0 Å². The van der Waals surface area contributed by atoms with Gasteiger partial charge in [0.15, 0.2) is 5.65 Å². The molecule has 0 radical (unpaired) electrons. The van der Waals surface area contributed by atoms with E-state index in [-0.39, 0.29) is 0 Å². The summed E-state index contributed by atoms with van der Waals surface area (Å²) in [4.78, 5) is 13.0. The van der Waals surface area contributed by atoms with Crippen LogP contribution in [-0.2, 0) is 0 Å². The average Bonchev–Trinajstić information content (AvgIpc) is 2.43. The largest absolute Gasteiger partial charge is 0.497 e. The fourth-order valence-corrected chi connectivity index (χ4v) is 1.84. The third-order valence-corrected chi connectivity index (χ3v) is 2.79.